The van der Waals surface area contributed by atoms with Crippen LogP contribution >= 0.6 is 11.6 Å². The monoisotopic (exact) mass is 269 g/mol. The second kappa shape index (κ2) is 4.47. The summed E-state index contributed by atoms with van der Waals surface area (Å²) in [5, 5.41) is 0.285. The molecule has 2 rings (SSSR count). The molecule has 87 valence electrons. The summed E-state index contributed by atoms with van der Waals surface area (Å²) in [6, 6.07) is 11.4. The van der Waals surface area contributed by atoms with Crippen molar-refractivity contribution in [2.24, 2.45) is 0 Å². The van der Waals surface area contributed by atoms with Crippen molar-refractivity contribution < 1.29 is 12.8 Å². The zero-order valence-electron chi connectivity index (χ0n) is 8.52. The number of hydrogen-bond acceptors (Lipinski definition) is 2. The van der Waals surface area contributed by atoms with E-state index < -0.39 is 15.7 Å². The van der Waals surface area contributed by atoms with Crippen molar-refractivity contribution in [2.75, 3.05) is 0 Å². The van der Waals surface area contributed by atoms with Crippen LogP contribution in [0, 0.1) is 11.9 Å². The first-order valence-corrected chi connectivity index (χ1v) is 6.53. The van der Waals surface area contributed by atoms with E-state index in [9.17, 15) is 12.8 Å². The lowest BCUT2D eigenvalue weighted by molar-refractivity contribution is 0.594. The molecule has 0 heterocycles. The van der Waals surface area contributed by atoms with Crippen LogP contribution in [0.4, 0.5) is 4.39 Å². The minimum absolute atomic E-state index is 0.0227. The molecule has 0 aliphatic heterocycles. The van der Waals surface area contributed by atoms with Gasteiger partial charge in [0.2, 0.25) is 9.84 Å². The van der Waals surface area contributed by atoms with E-state index in [1.54, 1.807) is 0 Å². The van der Waals surface area contributed by atoms with Crippen molar-refractivity contribution in [3.63, 3.8) is 0 Å². The normalized spacial score (nSPS) is 11.4. The van der Waals surface area contributed by atoms with Crippen molar-refractivity contribution in [1.29, 1.82) is 0 Å². The molecule has 5 heteroatoms. The summed E-state index contributed by atoms with van der Waals surface area (Å²) in [6.45, 7) is 0. The Morgan fingerprint density at radius 1 is 1.06 bits per heavy atom. The maximum absolute atomic E-state index is 12.7. The summed E-state index contributed by atoms with van der Waals surface area (Å²) in [6.07, 6.45) is 0. The third-order valence-electron chi connectivity index (χ3n) is 2.16. The SMILES string of the molecule is O=S(=O)(c1ccc(F)cc1)c1c[c]cc(Cl)c1. The van der Waals surface area contributed by atoms with Crippen LogP contribution in [-0.4, -0.2) is 8.42 Å². The Kier molecular flexibility index (Phi) is 3.17. The highest BCUT2D eigenvalue weighted by molar-refractivity contribution is 7.91. The van der Waals surface area contributed by atoms with Crippen molar-refractivity contribution in [3.05, 3.63) is 59.4 Å². The van der Waals surface area contributed by atoms with Gasteiger partial charge in [-0.15, -0.1) is 0 Å². The Labute approximate surface area is 104 Å². The second-order valence-corrected chi connectivity index (χ2v) is 5.73. The molecular weight excluding hydrogens is 263 g/mol. The van der Waals surface area contributed by atoms with E-state index in [1.807, 2.05) is 0 Å². The molecule has 0 atom stereocenters. The molecule has 0 unspecified atom stereocenters. The minimum Gasteiger partial charge on any atom is -0.219 e. The molecule has 1 radical (unpaired) electrons. The zero-order chi connectivity index (χ0) is 12.5. The van der Waals surface area contributed by atoms with Gasteiger partial charge in [0.25, 0.3) is 0 Å². The molecule has 2 aromatic rings. The van der Waals surface area contributed by atoms with Crippen LogP contribution in [-0.2, 0) is 9.84 Å². The molecular formula is C12H7ClFO2S. The minimum atomic E-state index is -3.66. The lowest BCUT2D eigenvalue weighted by Gasteiger charge is -2.04. The smallest absolute Gasteiger partial charge is 0.206 e. The highest BCUT2D eigenvalue weighted by Gasteiger charge is 2.17. The first kappa shape index (κ1) is 12.1. The van der Waals surface area contributed by atoms with Gasteiger partial charge in [0.1, 0.15) is 5.82 Å². The average molecular weight is 270 g/mol. The van der Waals surface area contributed by atoms with Crippen LogP contribution in [0.1, 0.15) is 0 Å². The summed E-state index contributed by atoms with van der Waals surface area (Å²) < 4.78 is 36.9. The molecule has 0 amide bonds. The van der Waals surface area contributed by atoms with Gasteiger partial charge in [-0.05, 0) is 48.5 Å². The number of sulfone groups is 1. The van der Waals surface area contributed by atoms with Crippen LogP contribution in [0.15, 0.2) is 52.3 Å². The molecule has 17 heavy (non-hydrogen) atoms. The fourth-order valence-corrected chi connectivity index (χ4v) is 2.84. The molecule has 0 aromatic heterocycles. The summed E-state index contributed by atoms with van der Waals surface area (Å²) >= 11 is 5.71. The molecule has 2 nitrogen and oxygen atoms in total. The van der Waals surface area contributed by atoms with Crippen LogP contribution in [0.2, 0.25) is 5.02 Å². The molecule has 0 bridgehead atoms. The Morgan fingerprint density at radius 3 is 2.29 bits per heavy atom. The van der Waals surface area contributed by atoms with E-state index >= 15 is 0 Å². The summed E-state index contributed by atoms with van der Waals surface area (Å²) in [4.78, 5) is 0.0613. The predicted molar refractivity (Wildman–Crippen MR) is 62.1 cm³/mol. The van der Waals surface area contributed by atoms with Crippen LogP contribution in [0.5, 0.6) is 0 Å². The highest BCUT2D eigenvalue weighted by Crippen LogP contribution is 2.23. The van der Waals surface area contributed by atoms with E-state index in [0.29, 0.717) is 0 Å². The van der Waals surface area contributed by atoms with Gasteiger partial charge >= 0.3 is 0 Å². The maximum atomic E-state index is 12.7. The van der Waals surface area contributed by atoms with E-state index in [-0.39, 0.29) is 14.8 Å². The Bertz CT molecular complexity index is 636. The standard InChI is InChI=1S/C12H7ClFO2S/c13-9-2-1-3-12(8-9)17(15,16)11-6-4-10(14)5-7-11/h2-8H. The number of hydrogen-bond donors (Lipinski definition) is 0. The fourth-order valence-electron chi connectivity index (χ4n) is 1.33. The number of rotatable bonds is 2. The number of benzene rings is 2. The highest BCUT2D eigenvalue weighted by atomic mass is 35.5. The molecule has 0 aliphatic carbocycles. The maximum Gasteiger partial charge on any atom is 0.206 e. The van der Waals surface area contributed by atoms with E-state index in [0.717, 1.165) is 12.1 Å². The number of halogens is 2. The molecule has 2 aromatic carbocycles. The van der Waals surface area contributed by atoms with E-state index in [1.165, 1.54) is 30.3 Å². The predicted octanol–water partition coefficient (Wildman–Crippen LogP) is 3.11. The Balaban J connectivity index is 2.54. The summed E-state index contributed by atoms with van der Waals surface area (Å²) in [5.74, 6) is -0.485. The molecule has 0 N–H and O–H groups in total. The molecule has 0 aliphatic rings. The van der Waals surface area contributed by atoms with Crippen molar-refractivity contribution in [1.82, 2.24) is 0 Å². The molecule has 0 saturated heterocycles. The first-order valence-electron chi connectivity index (χ1n) is 4.67. The molecule has 0 spiro atoms. The third kappa shape index (κ3) is 2.48. The van der Waals surface area contributed by atoms with Crippen molar-refractivity contribution in [3.8, 4) is 0 Å². The lowest BCUT2D eigenvalue weighted by atomic mass is 10.3. The van der Waals surface area contributed by atoms with Gasteiger partial charge in [-0.1, -0.05) is 11.6 Å². The average Bonchev–Trinajstić information content (AvgIpc) is 2.29. The second-order valence-electron chi connectivity index (χ2n) is 3.34. The molecule has 0 fully saturated rings. The van der Waals surface area contributed by atoms with Crippen molar-refractivity contribution in [2.45, 2.75) is 9.79 Å². The topological polar surface area (TPSA) is 34.1 Å². The van der Waals surface area contributed by atoms with E-state index in [2.05, 4.69) is 6.07 Å². The van der Waals surface area contributed by atoms with Gasteiger partial charge in [0, 0.05) is 5.02 Å². The quantitative estimate of drug-likeness (QED) is 0.785. The summed E-state index contributed by atoms with van der Waals surface area (Å²) in [7, 11) is -3.66. The fraction of sp³-hybridized carbons (Fsp3) is 0. The van der Waals surface area contributed by atoms with Gasteiger partial charge in [-0.3, -0.25) is 0 Å². The van der Waals surface area contributed by atoms with Gasteiger partial charge in [-0.25, -0.2) is 12.8 Å². The van der Waals surface area contributed by atoms with Crippen molar-refractivity contribution >= 4 is 21.4 Å². The first-order chi connectivity index (χ1) is 8.00. The molecule has 0 saturated carbocycles. The zero-order valence-corrected chi connectivity index (χ0v) is 10.1. The van der Waals surface area contributed by atoms with Gasteiger partial charge in [0.05, 0.1) is 9.79 Å². The van der Waals surface area contributed by atoms with Gasteiger partial charge < -0.3 is 0 Å². The third-order valence-corrected chi connectivity index (χ3v) is 4.13. The lowest BCUT2D eigenvalue weighted by Crippen LogP contribution is -2.01. The Morgan fingerprint density at radius 2 is 1.71 bits per heavy atom. The Hall–Kier alpha value is -1.39. The van der Waals surface area contributed by atoms with Crippen LogP contribution in [0.3, 0.4) is 0 Å². The van der Waals surface area contributed by atoms with E-state index in [4.69, 9.17) is 11.6 Å². The largest absolute Gasteiger partial charge is 0.219 e. The van der Waals surface area contributed by atoms with Gasteiger partial charge in [-0.2, -0.15) is 0 Å². The van der Waals surface area contributed by atoms with Crippen LogP contribution in [0.25, 0.3) is 0 Å². The van der Waals surface area contributed by atoms with Crippen LogP contribution < -0.4 is 0 Å². The van der Waals surface area contributed by atoms with Gasteiger partial charge in [0.15, 0.2) is 0 Å². The summed E-state index contributed by atoms with van der Waals surface area (Å²) in [5.41, 5.74) is 0.